The fourth-order valence-electron chi connectivity index (χ4n) is 3.68. The normalized spacial score (nSPS) is 11.2. The molecule has 0 heterocycles. The Labute approximate surface area is 179 Å². The average molecular weight is 432 g/mol. The largest absolute Gasteiger partial charge is 0.504 e. The van der Waals surface area contributed by atoms with Gasteiger partial charge in [0, 0.05) is 5.56 Å². The molecule has 0 aliphatic heterocycles. The third-order valence-corrected chi connectivity index (χ3v) is 5.24. The van der Waals surface area contributed by atoms with E-state index in [0.29, 0.717) is 16.7 Å². The van der Waals surface area contributed by atoms with Crippen LogP contribution in [-0.2, 0) is 12.8 Å². The predicted molar refractivity (Wildman–Crippen MR) is 114 cm³/mol. The molecule has 0 aliphatic carbocycles. The summed E-state index contributed by atoms with van der Waals surface area (Å²) in [6, 6.07) is 13.0. The van der Waals surface area contributed by atoms with Gasteiger partial charge in [0.15, 0.2) is 11.6 Å². The lowest BCUT2D eigenvalue weighted by molar-refractivity contribution is -0.0498. The fourth-order valence-corrected chi connectivity index (χ4v) is 3.68. The van der Waals surface area contributed by atoms with E-state index < -0.39 is 24.0 Å². The second-order valence-electron chi connectivity index (χ2n) is 7.26. The number of phenolic OH excluding ortho intramolecular Hbond substituents is 1. The van der Waals surface area contributed by atoms with Crippen molar-refractivity contribution in [2.24, 2.45) is 0 Å². The average Bonchev–Trinajstić information content (AvgIpc) is 2.77. The summed E-state index contributed by atoms with van der Waals surface area (Å²) in [6.45, 7) is 0.837. The molecule has 3 rings (SSSR count). The number of alkyl halides is 2. The van der Waals surface area contributed by atoms with Gasteiger partial charge in [-0.25, -0.2) is 4.39 Å². The number of phenols is 1. The zero-order valence-corrected chi connectivity index (χ0v) is 17.4. The van der Waals surface area contributed by atoms with E-state index in [2.05, 4.69) is 11.7 Å². The molecule has 6 heteroatoms. The van der Waals surface area contributed by atoms with Gasteiger partial charge in [0.1, 0.15) is 5.75 Å². The van der Waals surface area contributed by atoms with E-state index in [0.717, 1.165) is 24.8 Å². The Morgan fingerprint density at radius 1 is 0.839 bits per heavy atom. The zero-order valence-electron chi connectivity index (χ0n) is 17.4. The molecule has 0 bridgehead atoms. The molecule has 0 aromatic heterocycles. The third kappa shape index (κ3) is 4.84. The molecule has 31 heavy (non-hydrogen) atoms. The van der Waals surface area contributed by atoms with E-state index in [4.69, 9.17) is 0 Å². The lowest BCUT2D eigenvalue weighted by Crippen LogP contribution is -2.03. The Balaban J connectivity index is 2.17. The van der Waals surface area contributed by atoms with Crippen molar-refractivity contribution in [1.29, 1.82) is 0 Å². The van der Waals surface area contributed by atoms with Gasteiger partial charge in [-0.1, -0.05) is 56.7 Å². The molecule has 0 spiro atoms. The molecule has 0 saturated carbocycles. The van der Waals surface area contributed by atoms with Crippen molar-refractivity contribution in [1.82, 2.24) is 0 Å². The van der Waals surface area contributed by atoms with Crippen molar-refractivity contribution in [2.45, 2.75) is 46.1 Å². The van der Waals surface area contributed by atoms with Crippen molar-refractivity contribution in [3.63, 3.8) is 0 Å². The summed E-state index contributed by atoms with van der Waals surface area (Å²) in [5.74, 6) is -3.31. The Bertz CT molecular complexity index is 1030. The minimum Gasteiger partial charge on any atom is -0.504 e. The van der Waals surface area contributed by atoms with Gasteiger partial charge in [-0.15, -0.1) is 0 Å². The monoisotopic (exact) mass is 432 g/mol. The van der Waals surface area contributed by atoms with Crippen molar-refractivity contribution >= 4 is 0 Å². The van der Waals surface area contributed by atoms with Crippen molar-refractivity contribution in [2.75, 3.05) is 0 Å². The molecule has 0 unspecified atom stereocenters. The van der Waals surface area contributed by atoms with Gasteiger partial charge in [-0.2, -0.15) is 13.2 Å². The molecule has 3 aromatic carbocycles. The van der Waals surface area contributed by atoms with Crippen LogP contribution in [0, 0.1) is 11.6 Å². The van der Waals surface area contributed by atoms with Crippen LogP contribution in [0.1, 0.15) is 37.8 Å². The Kier molecular flexibility index (Phi) is 7.21. The second-order valence-corrected chi connectivity index (χ2v) is 7.26. The zero-order chi connectivity index (χ0) is 22.5. The summed E-state index contributed by atoms with van der Waals surface area (Å²) in [5, 5.41) is 10.5. The number of rotatable bonds is 8. The summed E-state index contributed by atoms with van der Waals surface area (Å²) < 4.78 is 58.5. The van der Waals surface area contributed by atoms with Crippen LogP contribution in [0.4, 0.5) is 17.6 Å². The highest BCUT2D eigenvalue weighted by Gasteiger charge is 2.25. The second kappa shape index (κ2) is 9.86. The predicted octanol–water partition coefficient (Wildman–Crippen LogP) is 7.51. The lowest BCUT2D eigenvalue weighted by Gasteiger charge is -2.19. The molecular weight excluding hydrogens is 408 g/mol. The fraction of sp³-hybridized carbons (Fsp3) is 0.280. The SMILES string of the molecule is CCCCc1ccc(-c2c(CC)c(F)c(F)c(O)c2-c2ccc(OC(F)F)cc2)cc1. The molecule has 0 fully saturated rings. The topological polar surface area (TPSA) is 29.5 Å². The van der Waals surface area contributed by atoms with E-state index in [1.807, 2.05) is 24.3 Å². The molecule has 3 aromatic rings. The highest BCUT2D eigenvalue weighted by atomic mass is 19.3. The first-order valence-corrected chi connectivity index (χ1v) is 10.2. The van der Waals surface area contributed by atoms with Crippen molar-refractivity contribution < 1.29 is 27.4 Å². The van der Waals surface area contributed by atoms with Gasteiger partial charge in [0.05, 0.1) is 0 Å². The lowest BCUT2D eigenvalue weighted by atomic mass is 9.87. The smallest absolute Gasteiger partial charge is 0.387 e. The molecule has 0 atom stereocenters. The van der Waals surface area contributed by atoms with Gasteiger partial charge in [-0.05, 0) is 59.2 Å². The number of unbranched alkanes of at least 4 members (excludes halogenated alkanes) is 1. The van der Waals surface area contributed by atoms with Crippen LogP contribution in [0.25, 0.3) is 22.3 Å². The molecule has 0 saturated heterocycles. The Hall–Kier alpha value is -3.02. The molecule has 0 amide bonds. The standard InChI is InChI=1S/C25H24F4O2/c1-3-5-6-15-7-9-16(10-8-15)20-19(4-2)22(26)23(27)24(30)21(20)17-11-13-18(14-12-17)31-25(28)29/h7-14,25,30H,3-6H2,1-2H3. The number of hydrogen-bond donors (Lipinski definition) is 1. The van der Waals surface area contributed by atoms with Crippen LogP contribution in [0.3, 0.4) is 0 Å². The quantitative estimate of drug-likeness (QED) is 0.373. The Morgan fingerprint density at radius 2 is 1.42 bits per heavy atom. The first-order valence-electron chi connectivity index (χ1n) is 10.2. The molecular formula is C25H24F4O2. The number of hydrogen-bond acceptors (Lipinski definition) is 2. The molecule has 1 N–H and O–H groups in total. The van der Waals surface area contributed by atoms with E-state index in [9.17, 15) is 22.7 Å². The first kappa shape index (κ1) is 22.7. The van der Waals surface area contributed by atoms with Crippen LogP contribution in [0.15, 0.2) is 48.5 Å². The minimum absolute atomic E-state index is 0.0710. The molecule has 2 nitrogen and oxygen atoms in total. The maximum Gasteiger partial charge on any atom is 0.387 e. The minimum atomic E-state index is -2.98. The first-order chi connectivity index (χ1) is 14.9. The van der Waals surface area contributed by atoms with E-state index in [1.165, 1.54) is 24.3 Å². The van der Waals surface area contributed by atoms with Crippen LogP contribution in [0.2, 0.25) is 0 Å². The number of aromatic hydroxyl groups is 1. The van der Waals surface area contributed by atoms with Gasteiger partial charge in [0.25, 0.3) is 0 Å². The summed E-state index contributed by atoms with van der Waals surface area (Å²) in [6.07, 6.45) is 3.23. The van der Waals surface area contributed by atoms with Gasteiger partial charge < -0.3 is 9.84 Å². The van der Waals surface area contributed by atoms with Crippen LogP contribution in [0.5, 0.6) is 11.5 Å². The van der Waals surface area contributed by atoms with Crippen molar-refractivity contribution in [3.8, 4) is 33.8 Å². The maximum atomic E-state index is 14.7. The summed E-state index contributed by atoms with van der Waals surface area (Å²) >= 11 is 0. The summed E-state index contributed by atoms with van der Waals surface area (Å²) in [4.78, 5) is 0. The molecule has 0 aliphatic rings. The molecule has 164 valence electrons. The third-order valence-electron chi connectivity index (χ3n) is 5.24. The van der Waals surface area contributed by atoms with Gasteiger partial charge >= 0.3 is 6.61 Å². The number of benzene rings is 3. The van der Waals surface area contributed by atoms with Crippen LogP contribution < -0.4 is 4.74 Å². The highest BCUT2D eigenvalue weighted by molar-refractivity contribution is 5.90. The van der Waals surface area contributed by atoms with Crippen molar-refractivity contribution in [3.05, 3.63) is 71.3 Å². The summed E-state index contributed by atoms with van der Waals surface area (Å²) in [5.41, 5.74) is 2.75. The summed E-state index contributed by atoms with van der Waals surface area (Å²) in [7, 11) is 0. The number of ether oxygens (including phenoxy) is 1. The van der Waals surface area contributed by atoms with Gasteiger partial charge in [0.2, 0.25) is 5.82 Å². The number of aryl methyl sites for hydroxylation is 1. The number of halogens is 4. The van der Waals surface area contributed by atoms with Crippen LogP contribution in [-0.4, -0.2) is 11.7 Å². The molecule has 0 radical (unpaired) electrons. The maximum absolute atomic E-state index is 14.7. The Morgan fingerprint density at radius 3 is 1.97 bits per heavy atom. The van der Waals surface area contributed by atoms with E-state index >= 15 is 0 Å². The van der Waals surface area contributed by atoms with Crippen LogP contribution >= 0.6 is 0 Å². The van der Waals surface area contributed by atoms with E-state index in [1.54, 1.807) is 6.92 Å². The highest BCUT2D eigenvalue weighted by Crippen LogP contribution is 2.44. The van der Waals surface area contributed by atoms with E-state index in [-0.39, 0.29) is 23.3 Å². The van der Waals surface area contributed by atoms with Gasteiger partial charge in [-0.3, -0.25) is 0 Å².